The van der Waals surface area contributed by atoms with Crippen LogP contribution in [0.3, 0.4) is 0 Å². The van der Waals surface area contributed by atoms with Crippen molar-refractivity contribution >= 4 is 11.7 Å². The van der Waals surface area contributed by atoms with Gasteiger partial charge >= 0.3 is 18.0 Å². The van der Waals surface area contributed by atoms with Gasteiger partial charge in [0.1, 0.15) is 23.0 Å². The van der Waals surface area contributed by atoms with Gasteiger partial charge in [0, 0.05) is 6.54 Å². The van der Waals surface area contributed by atoms with Crippen LogP contribution in [0, 0.1) is 5.82 Å². The monoisotopic (exact) mass is 588 g/mol. The predicted molar refractivity (Wildman–Crippen MR) is 134 cm³/mol. The number of hydrogen-bond acceptors (Lipinski definition) is 6. The fraction of sp³-hybridized carbons (Fsp3) is 0.346. The van der Waals surface area contributed by atoms with Crippen LogP contribution >= 0.6 is 0 Å². The molecule has 4 rings (SSSR count). The summed E-state index contributed by atoms with van der Waals surface area (Å²) in [5.74, 6) is -2.72. The fourth-order valence-electron chi connectivity index (χ4n) is 4.46. The molecule has 0 bridgehead atoms. The van der Waals surface area contributed by atoms with Crippen molar-refractivity contribution in [2.45, 2.75) is 44.7 Å². The largest absolute Gasteiger partial charge is 0.490 e. The number of nitrogens with one attached hydrogen (secondary N) is 2. The number of H-pyrrole nitrogens is 1. The number of anilines is 1. The molecule has 2 heterocycles. The van der Waals surface area contributed by atoms with Gasteiger partial charge in [0.2, 0.25) is 0 Å². The van der Waals surface area contributed by atoms with Crippen LogP contribution in [0.15, 0.2) is 57.0 Å². The van der Waals surface area contributed by atoms with E-state index in [2.05, 4.69) is 10.3 Å². The molecule has 0 atom stereocenters. The van der Waals surface area contributed by atoms with Crippen LogP contribution in [0.5, 0.6) is 11.5 Å². The summed E-state index contributed by atoms with van der Waals surface area (Å²) in [6, 6.07) is 8.76. The van der Waals surface area contributed by atoms with Gasteiger partial charge in [0.15, 0.2) is 11.5 Å². The van der Waals surface area contributed by atoms with Gasteiger partial charge in [-0.05, 0) is 50.1 Å². The highest BCUT2D eigenvalue weighted by Gasteiger charge is 2.75. The molecular formula is C26H23F7N4O4. The first kappa shape index (κ1) is 29.7. The minimum Gasteiger partial charge on any atom is -0.490 e. The van der Waals surface area contributed by atoms with Gasteiger partial charge in [-0.1, -0.05) is 18.2 Å². The number of aliphatic imine (C=N–C) groups is 1. The Morgan fingerprint density at radius 1 is 0.927 bits per heavy atom. The van der Waals surface area contributed by atoms with Gasteiger partial charge in [-0.2, -0.15) is 26.3 Å². The lowest BCUT2D eigenvalue weighted by Crippen LogP contribution is -2.59. The van der Waals surface area contributed by atoms with E-state index in [-0.39, 0.29) is 13.0 Å². The zero-order chi connectivity index (χ0) is 30.2. The maximum atomic E-state index is 14.6. The number of halogens is 7. The molecular weight excluding hydrogens is 565 g/mol. The predicted octanol–water partition coefficient (Wildman–Crippen LogP) is 4.91. The Morgan fingerprint density at radius 3 is 2.17 bits per heavy atom. The molecule has 0 fully saturated rings. The van der Waals surface area contributed by atoms with Crippen molar-refractivity contribution in [1.29, 1.82) is 0 Å². The number of rotatable bonds is 8. The SMILES string of the molecule is CCOc1ccc(CCn2c3c(c(=O)[nH]c2=O)C(C(F)(F)F)(C(F)(F)F)N=C(c2ccccc2F)N3)cc1OCC. The highest BCUT2D eigenvalue weighted by Crippen LogP contribution is 2.55. The summed E-state index contributed by atoms with van der Waals surface area (Å²) < 4.78 is 113. The van der Waals surface area contributed by atoms with E-state index >= 15 is 0 Å². The lowest BCUT2D eigenvalue weighted by molar-refractivity contribution is -0.301. The second-order valence-corrected chi connectivity index (χ2v) is 8.80. The maximum Gasteiger partial charge on any atom is 0.427 e. The average molecular weight is 588 g/mol. The minimum atomic E-state index is -6.21. The van der Waals surface area contributed by atoms with Crippen molar-refractivity contribution in [3.63, 3.8) is 0 Å². The molecule has 0 saturated heterocycles. The molecule has 2 N–H and O–H groups in total. The molecule has 0 amide bonds. The second-order valence-electron chi connectivity index (χ2n) is 8.80. The van der Waals surface area contributed by atoms with E-state index in [1.165, 1.54) is 12.1 Å². The normalized spacial score (nSPS) is 14.6. The van der Waals surface area contributed by atoms with Crippen molar-refractivity contribution in [3.8, 4) is 11.5 Å². The Morgan fingerprint density at radius 2 is 1.56 bits per heavy atom. The van der Waals surface area contributed by atoms with Gasteiger partial charge in [-0.15, -0.1) is 0 Å². The number of benzene rings is 2. The molecule has 2 aromatic carbocycles. The van der Waals surface area contributed by atoms with Crippen molar-refractivity contribution in [2.24, 2.45) is 4.99 Å². The zero-order valence-corrected chi connectivity index (χ0v) is 21.5. The topological polar surface area (TPSA) is 97.7 Å². The summed E-state index contributed by atoms with van der Waals surface area (Å²) >= 11 is 0. The molecule has 41 heavy (non-hydrogen) atoms. The summed E-state index contributed by atoms with van der Waals surface area (Å²) in [7, 11) is 0. The molecule has 0 saturated carbocycles. The van der Waals surface area contributed by atoms with Gasteiger partial charge in [0.25, 0.3) is 11.1 Å². The number of fused-ring (bicyclic) bond motifs is 1. The third kappa shape index (κ3) is 5.27. The Hall–Kier alpha value is -4.30. The van der Waals surface area contributed by atoms with Gasteiger partial charge in [-0.25, -0.2) is 14.2 Å². The van der Waals surface area contributed by atoms with Gasteiger partial charge in [0.05, 0.1) is 18.8 Å². The van der Waals surface area contributed by atoms with Gasteiger partial charge in [-0.3, -0.25) is 14.3 Å². The summed E-state index contributed by atoms with van der Waals surface area (Å²) in [5.41, 5.74) is -10.5. The van der Waals surface area contributed by atoms with Crippen LogP contribution < -0.4 is 26.0 Å². The molecule has 1 aliphatic heterocycles. The van der Waals surface area contributed by atoms with Crippen LogP contribution in [0.2, 0.25) is 0 Å². The van der Waals surface area contributed by atoms with E-state index in [9.17, 15) is 40.3 Å². The molecule has 0 radical (unpaired) electrons. The Kier molecular flexibility index (Phi) is 7.91. The smallest absolute Gasteiger partial charge is 0.427 e. The lowest BCUT2D eigenvalue weighted by atomic mass is 9.87. The van der Waals surface area contributed by atoms with E-state index in [0.29, 0.717) is 28.2 Å². The third-order valence-electron chi connectivity index (χ3n) is 6.26. The number of alkyl halides is 6. The number of amidine groups is 1. The third-order valence-corrected chi connectivity index (χ3v) is 6.26. The van der Waals surface area contributed by atoms with E-state index in [1.54, 1.807) is 37.0 Å². The Balaban J connectivity index is 1.91. The van der Waals surface area contributed by atoms with E-state index in [0.717, 1.165) is 12.1 Å². The highest BCUT2D eigenvalue weighted by atomic mass is 19.4. The van der Waals surface area contributed by atoms with E-state index < -0.39 is 64.3 Å². The number of ether oxygens (including phenoxy) is 2. The summed E-state index contributed by atoms with van der Waals surface area (Å²) in [6.07, 6.45) is -12.5. The first-order chi connectivity index (χ1) is 19.2. The maximum absolute atomic E-state index is 14.6. The average Bonchev–Trinajstić information content (AvgIpc) is 2.88. The molecule has 0 spiro atoms. The highest BCUT2D eigenvalue weighted by molar-refractivity contribution is 6.10. The van der Waals surface area contributed by atoms with Crippen LogP contribution in [0.1, 0.15) is 30.5 Å². The quantitative estimate of drug-likeness (QED) is 0.365. The van der Waals surface area contributed by atoms with Gasteiger partial charge < -0.3 is 14.8 Å². The number of hydrogen-bond donors (Lipinski definition) is 2. The Labute approximate surface area is 227 Å². The number of aryl methyl sites for hydroxylation is 1. The molecule has 0 unspecified atom stereocenters. The Bertz CT molecular complexity index is 1580. The summed E-state index contributed by atoms with van der Waals surface area (Å²) in [6.45, 7) is 3.60. The second kappa shape index (κ2) is 10.9. The van der Waals surface area contributed by atoms with Crippen LogP contribution in [-0.4, -0.2) is 41.0 Å². The van der Waals surface area contributed by atoms with Crippen molar-refractivity contribution in [1.82, 2.24) is 9.55 Å². The number of aromatic nitrogens is 2. The fourth-order valence-corrected chi connectivity index (χ4v) is 4.46. The minimum absolute atomic E-state index is 0.0935. The number of aromatic amines is 1. The summed E-state index contributed by atoms with van der Waals surface area (Å²) in [5, 5.41) is 2.21. The molecule has 220 valence electrons. The van der Waals surface area contributed by atoms with E-state index in [1.807, 2.05) is 0 Å². The van der Waals surface area contributed by atoms with Crippen LogP contribution in [0.25, 0.3) is 0 Å². The molecule has 3 aromatic rings. The molecule has 1 aromatic heterocycles. The molecule has 0 aliphatic carbocycles. The molecule has 1 aliphatic rings. The standard InChI is InChI=1S/C26H23F7N4O4/c1-3-40-17-10-9-14(13-18(17)41-4-2)11-12-37-21-19(22(38)35-23(37)39)24(25(28,29)30,26(31,32)33)36-20(34-21)15-7-5-6-8-16(15)27/h5-10,13H,3-4,11-12H2,1-2H3,(H,34,36)(H,35,38,39). The lowest BCUT2D eigenvalue weighted by Gasteiger charge is -2.38. The van der Waals surface area contributed by atoms with Crippen molar-refractivity contribution < 1.29 is 40.2 Å². The zero-order valence-electron chi connectivity index (χ0n) is 21.5. The van der Waals surface area contributed by atoms with E-state index in [4.69, 9.17) is 9.47 Å². The summed E-state index contributed by atoms with van der Waals surface area (Å²) in [4.78, 5) is 29.9. The van der Waals surface area contributed by atoms with Crippen molar-refractivity contribution in [3.05, 3.63) is 85.8 Å². The number of nitrogens with zero attached hydrogens (tertiary/aromatic N) is 2. The van der Waals surface area contributed by atoms with Crippen LogP contribution in [0.4, 0.5) is 36.6 Å². The first-order valence-electron chi connectivity index (χ1n) is 12.3. The molecule has 8 nitrogen and oxygen atoms in total. The van der Waals surface area contributed by atoms with Crippen LogP contribution in [-0.2, 0) is 18.5 Å². The first-order valence-corrected chi connectivity index (χ1v) is 12.3. The molecule has 15 heteroatoms. The van der Waals surface area contributed by atoms with Crippen molar-refractivity contribution in [2.75, 3.05) is 18.5 Å².